The van der Waals surface area contributed by atoms with Gasteiger partial charge in [-0.3, -0.25) is 5.32 Å². The van der Waals surface area contributed by atoms with Crippen molar-refractivity contribution in [2.24, 2.45) is 0 Å². The van der Waals surface area contributed by atoms with Gasteiger partial charge in [0, 0.05) is 12.0 Å². The quantitative estimate of drug-likeness (QED) is 0.592. The largest absolute Gasteiger partial charge is 0.445 e. The fourth-order valence-electron chi connectivity index (χ4n) is 3.26. The van der Waals surface area contributed by atoms with Crippen molar-refractivity contribution in [3.8, 4) is 5.69 Å². The maximum Gasteiger partial charge on any atom is 0.412 e. The van der Waals surface area contributed by atoms with Gasteiger partial charge < -0.3 is 4.74 Å². The molecule has 0 bridgehead atoms. The summed E-state index contributed by atoms with van der Waals surface area (Å²) in [7, 11) is 0. The van der Waals surface area contributed by atoms with Crippen molar-refractivity contribution in [1.82, 2.24) is 9.78 Å². The molecule has 1 heterocycles. The van der Waals surface area contributed by atoms with Crippen LogP contribution in [0.2, 0.25) is 0 Å². The number of nitrogens with zero attached hydrogens (tertiary/aromatic N) is 2. The number of alkyl halides is 3. The average molecular weight is 431 g/mol. The number of carbonyl (C=O) groups is 1. The molecule has 0 unspecified atom stereocenters. The molecule has 1 aromatic heterocycles. The number of aromatic nitrogens is 2. The zero-order valence-corrected chi connectivity index (χ0v) is 17.3. The van der Waals surface area contributed by atoms with Gasteiger partial charge in [-0.2, -0.15) is 5.10 Å². The lowest BCUT2D eigenvalue weighted by Crippen LogP contribution is -2.22. The lowest BCUT2D eigenvalue weighted by Gasteiger charge is -2.19. The molecule has 0 radical (unpaired) electrons. The minimum atomic E-state index is -1.65. The lowest BCUT2D eigenvalue weighted by atomic mass is 9.87. The van der Waals surface area contributed by atoms with Crippen LogP contribution in [0.4, 0.5) is 10.6 Å². The Balaban J connectivity index is 1.84. The van der Waals surface area contributed by atoms with Crippen molar-refractivity contribution in [3.05, 3.63) is 41.6 Å². The van der Waals surface area contributed by atoms with E-state index in [0.717, 1.165) is 29.8 Å². The van der Waals surface area contributed by atoms with Gasteiger partial charge in [0.1, 0.15) is 12.4 Å². The van der Waals surface area contributed by atoms with Gasteiger partial charge in [-0.05, 0) is 31.9 Å². The Kier molecular flexibility index (Phi) is 6.56. The van der Waals surface area contributed by atoms with Crippen LogP contribution in [0.5, 0.6) is 0 Å². The average Bonchev–Trinajstić information content (AvgIpc) is 3.04. The molecule has 1 fully saturated rings. The first kappa shape index (κ1) is 20.3. The highest BCUT2D eigenvalue weighted by atomic mass is 35.6. The van der Waals surface area contributed by atoms with E-state index in [4.69, 9.17) is 44.6 Å². The third kappa shape index (κ3) is 5.77. The van der Waals surface area contributed by atoms with Crippen LogP contribution in [0.1, 0.15) is 49.3 Å². The van der Waals surface area contributed by atoms with Crippen molar-refractivity contribution in [2.45, 2.75) is 48.7 Å². The monoisotopic (exact) mass is 429 g/mol. The summed E-state index contributed by atoms with van der Waals surface area (Å²) in [6, 6.07) is 9.84. The summed E-state index contributed by atoms with van der Waals surface area (Å²) in [6.45, 7) is 1.69. The van der Waals surface area contributed by atoms with Crippen LogP contribution in [0, 0.1) is 6.92 Å². The molecule has 1 aliphatic rings. The molecular formula is C19H22Cl3N3O2. The number of benzene rings is 1. The zero-order valence-electron chi connectivity index (χ0n) is 15.1. The minimum Gasteiger partial charge on any atom is -0.445 e. The Labute approximate surface area is 173 Å². The number of halogens is 3. The summed E-state index contributed by atoms with van der Waals surface area (Å²) >= 11 is 16.9. The number of rotatable bonds is 4. The number of anilines is 1. The third-order valence-electron chi connectivity index (χ3n) is 4.63. The molecule has 146 valence electrons. The van der Waals surface area contributed by atoms with Crippen LogP contribution >= 0.6 is 34.8 Å². The molecule has 8 heteroatoms. The van der Waals surface area contributed by atoms with Crippen LogP contribution in [0.15, 0.2) is 30.3 Å². The fourth-order valence-corrected chi connectivity index (χ4v) is 3.42. The first-order valence-electron chi connectivity index (χ1n) is 8.99. The number of hydrogen-bond donors (Lipinski definition) is 1. The Morgan fingerprint density at radius 2 is 1.89 bits per heavy atom. The van der Waals surface area contributed by atoms with E-state index in [9.17, 15) is 4.79 Å². The molecule has 0 aliphatic heterocycles. The molecule has 1 saturated carbocycles. The molecule has 2 aromatic rings. The van der Waals surface area contributed by atoms with Gasteiger partial charge in [0.25, 0.3) is 0 Å². The van der Waals surface area contributed by atoms with Crippen LogP contribution in [-0.4, -0.2) is 26.3 Å². The smallest absolute Gasteiger partial charge is 0.412 e. The summed E-state index contributed by atoms with van der Waals surface area (Å²) in [5.41, 5.74) is 2.99. The molecule has 0 saturated heterocycles. The summed E-state index contributed by atoms with van der Waals surface area (Å²) in [4.78, 5) is 12.1. The van der Waals surface area contributed by atoms with Crippen LogP contribution in [-0.2, 0) is 4.74 Å². The van der Waals surface area contributed by atoms with Gasteiger partial charge >= 0.3 is 6.09 Å². The van der Waals surface area contributed by atoms with Crippen molar-refractivity contribution in [1.29, 1.82) is 0 Å². The maximum atomic E-state index is 12.1. The Bertz CT molecular complexity index is 778. The molecular weight excluding hydrogens is 409 g/mol. The molecule has 5 nitrogen and oxygen atoms in total. The SMILES string of the molecule is Cc1ccc(-n2nc(C3CCCCC3)cc2NC(=O)OCC(Cl)(Cl)Cl)cc1. The normalized spacial score (nSPS) is 15.6. The van der Waals surface area contributed by atoms with Gasteiger partial charge in [0.15, 0.2) is 0 Å². The van der Waals surface area contributed by atoms with Crippen LogP contribution in [0.3, 0.4) is 0 Å². The third-order valence-corrected chi connectivity index (χ3v) is 4.95. The molecule has 1 amide bonds. The summed E-state index contributed by atoms with van der Waals surface area (Å²) in [5.74, 6) is 0.942. The predicted octanol–water partition coefficient (Wildman–Crippen LogP) is 6.15. The summed E-state index contributed by atoms with van der Waals surface area (Å²) in [6.07, 6.45) is 5.21. The molecule has 0 atom stereocenters. The number of ether oxygens (including phenoxy) is 1. The van der Waals surface area contributed by atoms with Crippen molar-refractivity contribution in [2.75, 3.05) is 11.9 Å². The second-order valence-corrected chi connectivity index (χ2v) is 9.37. The molecule has 1 N–H and O–H groups in total. The Morgan fingerprint density at radius 1 is 1.22 bits per heavy atom. The molecule has 27 heavy (non-hydrogen) atoms. The van der Waals surface area contributed by atoms with E-state index in [1.54, 1.807) is 4.68 Å². The van der Waals surface area contributed by atoms with Crippen LogP contribution < -0.4 is 5.32 Å². The fraction of sp³-hybridized carbons (Fsp3) is 0.474. The van der Waals surface area contributed by atoms with E-state index in [1.807, 2.05) is 37.3 Å². The summed E-state index contributed by atoms with van der Waals surface area (Å²) in [5, 5.41) is 7.48. The van der Waals surface area contributed by atoms with E-state index in [-0.39, 0.29) is 6.61 Å². The number of aryl methyl sites for hydroxylation is 1. The Morgan fingerprint density at radius 3 is 2.52 bits per heavy atom. The summed E-state index contributed by atoms with van der Waals surface area (Å²) < 4.78 is 5.06. The van der Waals surface area contributed by atoms with Gasteiger partial charge in [0.05, 0.1) is 11.4 Å². The topological polar surface area (TPSA) is 56.2 Å². The van der Waals surface area contributed by atoms with Gasteiger partial charge in [0.2, 0.25) is 3.79 Å². The second-order valence-electron chi connectivity index (χ2n) is 6.85. The Hall–Kier alpha value is -1.43. The van der Waals surface area contributed by atoms with Crippen LogP contribution in [0.25, 0.3) is 5.69 Å². The molecule has 0 spiro atoms. The van der Waals surface area contributed by atoms with Gasteiger partial charge in [-0.1, -0.05) is 71.8 Å². The highest BCUT2D eigenvalue weighted by molar-refractivity contribution is 6.67. The molecule has 3 rings (SSSR count). The van der Waals surface area contributed by atoms with E-state index < -0.39 is 9.89 Å². The first-order chi connectivity index (χ1) is 12.8. The van der Waals surface area contributed by atoms with Crippen molar-refractivity contribution >= 4 is 46.7 Å². The first-order valence-corrected chi connectivity index (χ1v) is 10.1. The minimum absolute atomic E-state index is 0.336. The van der Waals surface area contributed by atoms with E-state index in [2.05, 4.69) is 5.32 Å². The van der Waals surface area contributed by atoms with E-state index in [0.29, 0.717) is 11.7 Å². The number of carbonyl (C=O) groups excluding carboxylic acids is 1. The molecule has 1 aromatic carbocycles. The van der Waals surface area contributed by atoms with Gasteiger partial charge in [-0.25, -0.2) is 9.48 Å². The highest BCUT2D eigenvalue weighted by Gasteiger charge is 2.24. The number of amides is 1. The van der Waals surface area contributed by atoms with E-state index >= 15 is 0 Å². The maximum absolute atomic E-state index is 12.1. The van der Waals surface area contributed by atoms with Crippen molar-refractivity contribution in [3.63, 3.8) is 0 Å². The van der Waals surface area contributed by atoms with E-state index in [1.165, 1.54) is 19.3 Å². The predicted molar refractivity (Wildman–Crippen MR) is 109 cm³/mol. The zero-order chi connectivity index (χ0) is 19.4. The van der Waals surface area contributed by atoms with Crippen molar-refractivity contribution < 1.29 is 9.53 Å². The molecule has 1 aliphatic carbocycles. The number of hydrogen-bond acceptors (Lipinski definition) is 3. The highest BCUT2D eigenvalue weighted by Crippen LogP contribution is 2.34. The standard InChI is InChI=1S/C19H22Cl3N3O2/c1-13-7-9-15(10-8-13)25-17(23-18(26)27-12-19(20,21)22)11-16(24-25)14-5-3-2-4-6-14/h7-11,14H,2-6,12H2,1H3,(H,23,26). The van der Waals surface area contributed by atoms with Gasteiger partial charge in [-0.15, -0.1) is 0 Å². The lowest BCUT2D eigenvalue weighted by molar-refractivity contribution is 0.163. The number of nitrogens with one attached hydrogen (secondary N) is 1. The second kappa shape index (κ2) is 8.72.